The Morgan fingerprint density at radius 1 is 1.38 bits per heavy atom. The SMILES string of the molecule is CCCCC[CH-]N.[Ir]. The van der Waals surface area contributed by atoms with E-state index >= 15 is 0 Å². The van der Waals surface area contributed by atoms with Crippen LogP contribution in [0.15, 0.2) is 0 Å². The molecule has 0 atom stereocenters. The first-order valence-corrected chi connectivity index (χ1v) is 2.95. The number of unbranched alkanes of at least 4 members (excludes halogenated alkanes) is 3. The summed E-state index contributed by atoms with van der Waals surface area (Å²) in [6.45, 7) is 3.92. The predicted molar refractivity (Wildman–Crippen MR) is 32.6 cm³/mol. The van der Waals surface area contributed by atoms with Crippen molar-refractivity contribution in [1.29, 1.82) is 0 Å². The van der Waals surface area contributed by atoms with E-state index < -0.39 is 0 Å². The third-order valence-electron chi connectivity index (χ3n) is 0.974. The van der Waals surface area contributed by atoms with Crippen molar-refractivity contribution in [2.75, 3.05) is 0 Å². The smallest absolute Gasteiger partial charge is 0 e. The van der Waals surface area contributed by atoms with Gasteiger partial charge in [0.1, 0.15) is 0 Å². The molecule has 2 heteroatoms. The van der Waals surface area contributed by atoms with Crippen LogP contribution in [0.5, 0.6) is 0 Å². The van der Waals surface area contributed by atoms with E-state index in [0.717, 1.165) is 6.42 Å². The molecular weight excluding hydrogens is 278 g/mol. The van der Waals surface area contributed by atoms with E-state index in [9.17, 15) is 0 Å². The van der Waals surface area contributed by atoms with Crippen LogP contribution in [0.3, 0.4) is 0 Å². The van der Waals surface area contributed by atoms with Crippen LogP contribution in [-0.4, -0.2) is 0 Å². The molecule has 0 rings (SSSR count). The molecule has 0 bridgehead atoms. The Balaban J connectivity index is 0. The molecule has 0 saturated heterocycles. The Labute approximate surface area is 65.4 Å². The fourth-order valence-corrected chi connectivity index (χ4v) is 0.512. The molecule has 0 amide bonds. The summed E-state index contributed by atoms with van der Waals surface area (Å²) in [5, 5.41) is 0. The Morgan fingerprint density at radius 2 is 2.00 bits per heavy atom. The molecule has 1 radical (unpaired) electrons. The quantitative estimate of drug-likeness (QED) is 0.619. The summed E-state index contributed by atoms with van der Waals surface area (Å²) in [5.41, 5.74) is 5.14. The van der Waals surface area contributed by atoms with Crippen LogP contribution >= 0.6 is 0 Å². The fraction of sp³-hybridized carbons (Fsp3) is 0.833. The van der Waals surface area contributed by atoms with Gasteiger partial charge in [0.2, 0.25) is 0 Å². The van der Waals surface area contributed by atoms with Crippen LogP contribution in [0.2, 0.25) is 0 Å². The minimum absolute atomic E-state index is 0. The molecule has 0 fully saturated rings. The minimum atomic E-state index is 0. The van der Waals surface area contributed by atoms with E-state index in [0.29, 0.717) is 0 Å². The van der Waals surface area contributed by atoms with E-state index in [2.05, 4.69) is 6.92 Å². The average molecular weight is 292 g/mol. The van der Waals surface area contributed by atoms with E-state index in [4.69, 9.17) is 5.73 Å². The summed E-state index contributed by atoms with van der Waals surface area (Å²) in [5.74, 6) is 0. The Hall–Kier alpha value is 0.609. The van der Waals surface area contributed by atoms with Crippen molar-refractivity contribution in [2.45, 2.75) is 32.6 Å². The molecule has 8 heavy (non-hydrogen) atoms. The normalized spacial score (nSPS) is 8.25. The number of hydrogen-bond donors (Lipinski definition) is 1. The van der Waals surface area contributed by atoms with E-state index in [1.54, 1.807) is 6.54 Å². The molecule has 0 heterocycles. The molecule has 0 aliphatic carbocycles. The standard InChI is InChI=1S/C6H14N.Ir/c1-2-3-4-5-6-7;/h6H,2-5,7H2,1H3;/q-1;. The van der Waals surface area contributed by atoms with Gasteiger partial charge in [-0.05, 0) is 0 Å². The van der Waals surface area contributed by atoms with Crippen molar-refractivity contribution in [1.82, 2.24) is 0 Å². The van der Waals surface area contributed by atoms with Crippen LogP contribution in [-0.2, 0) is 20.1 Å². The van der Waals surface area contributed by atoms with E-state index in [1.807, 2.05) is 0 Å². The molecular formula is C6H14IrN-. The first kappa shape index (κ1) is 11.4. The van der Waals surface area contributed by atoms with Crippen molar-refractivity contribution >= 4 is 0 Å². The van der Waals surface area contributed by atoms with Gasteiger partial charge in [-0.25, -0.2) is 0 Å². The summed E-state index contributed by atoms with van der Waals surface area (Å²) < 4.78 is 0. The van der Waals surface area contributed by atoms with Crippen LogP contribution in [0.4, 0.5) is 0 Å². The summed E-state index contributed by atoms with van der Waals surface area (Å²) >= 11 is 0. The minimum Gasteiger partial charge on any atom is -0.483 e. The van der Waals surface area contributed by atoms with Gasteiger partial charge in [-0.1, -0.05) is 26.2 Å². The molecule has 1 nitrogen and oxygen atoms in total. The van der Waals surface area contributed by atoms with Gasteiger partial charge >= 0.3 is 0 Å². The molecule has 0 saturated carbocycles. The van der Waals surface area contributed by atoms with Gasteiger partial charge in [-0.2, -0.15) is 6.42 Å². The monoisotopic (exact) mass is 293 g/mol. The molecule has 0 aliphatic rings. The van der Waals surface area contributed by atoms with Crippen molar-refractivity contribution in [3.05, 3.63) is 6.54 Å². The summed E-state index contributed by atoms with van der Waals surface area (Å²) in [6.07, 6.45) is 4.93. The van der Waals surface area contributed by atoms with Gasteiger partial charge in [0.15, 0.2) is 0 Å². The zero-order chi connectivity index (χ0) is 5.54. The van der Waals surface area contributed by atoms with Crippen molar-refractivity contribution in [3.8, 4) is 0 Å². The maximum Gasteiger partial charge on any atom is 0 e. The number of nitrogens with two attached hydrogens (primary N) is 1. The van der Waals surface area contributed by atoms with Gasteiger partial charge < -0.3 is 5.73 Å². The van der Waals surface area contributed by atoms with E-state index in [-0.39, 0.29) is 20.1 Å². The second-order valence-corrected chi connectivity index (χ2v) is 1.73. The maximum absolute atomic E-state index is 5.14. The van der Waals surface area contributed by atoms with Crippen molar-refractivity contribution < 1.29 is 20.1 Å². The van der Waals surface area contributed by atoms with Gasteiger partial charge in [0.25, 0.3) is 0 Å². The largest absolute Gasteiger partial charge is 0.483 e. The molecule has 0 aliphatic heterocycles. The predicted octanol–water partition coefficient (Wildman–Crippen LogP) is 1.68. The van der Waals surface area contributed by atoms with Gasteiger partial charge in [0, 0.05) is 20.1 Å². The first-order chi connectivity index (χ1) is 3.41. The van der Waals surface area contributed by atoms with Gasteiger partial charge in [0.05, 0.1) is 0 Å². The topological polar surface area (TPSA) is 26.0 Å². The molecule has 2 N–H and O–H groups in total. The second kappa shape index (κ2) is 10.6. The van der Waals surface area contributed by atoms with Crippen LogP contribution in [0, 0.1) is 6.54 Å². The summed E-state index contributed by atoms with van der Waals surface area (Å²) in [7, 11) is 0. The second-order valence-electron chi connectivity index (χ2n) is 1.73. The maximum atomic E-state index is 5.14. The van der Waals surface area contributed by atoms with Crippen molar-refractivity contribution in [3.63, 3.8) is 0 Å². The Kier molecular flexibility index (Phi) is 15.1. The average Bonchev–Trinajstić information content (AvgIpc) is 1.69. The van der Waals surface area contributed by atoms with Crippen LogP contribution < -0.4 is 5.73 Å². The fourth-order valence-electron chi connectivity index (χ4n) is 0.512. The zero-order valence-electron chi connectivity index (χ0n) is 5.32. The van der Waals surface area contributed by atoms with Crippen LogP contribution in [0.1, 0.15) is 32.6 Å². The summed E-state index contributed by atoms with van der Waals surface area (Å²) in [6, 6.07) is 0. The Bertz CT molecular complexity index is 27.7. The number of hydrogen-bond acceptors (Lipinski definition) is 1. The number of rotatable bonds is 4. The first-order valence-electron chi connectivity index (χ1n) is 2.95. The molecule has 0 aromatic carbocycles. The van der Waals surface area contributed by atoms with Crippen molar-refractivity contribution in [2.24, 2.45) is 5.73 Å². The Morgan fingerprint density at radius 3 is 2.38 bits per heavy atom. The van der Waals surface area contributed by atoms with E-state index in [1.165, 1.54) is 19.3 Å². The third-order valence-corrected chi connectivity index (χ3v) is 0.974. The third kappa shape index (κ3) is 9.79. The zero-order valence-corrected chi connectivity index (χ0v) is 7.71. The van der Waals surface area contributed by atoms with Gasteiger partial charge in [-0.3, -0.25) is 6.54 Å². The van der Waals surface area contributed by atoms with Crippen LogP contribution in [0.25, 0.3) is 0 Å². The molecule has 0 aromatic heterocycles. The molecule has 0 spiro atoms. The molecule has 53 valence electrons. The molecule has 0 unspecified atom stereocenters. The summed E-state index contributed by atoms with van der Waals surface area (Å²) in [4.78, 5) is 0. The van der Waals surface area contributed by atoms with Gasteiger partial charge in [-0.15, -0.1) is 0 Å². The molecule has 0 aromatic rings.